The van der Waals surface area contributed by atoms with E-state index in [2.05, 4.69) is 20.2 Å². The topological polar surface area (TPSA) is 119 Å². The molecule has 0 unspecified atom stereocenters. The summed E-state index contributed by atoms with van der Waals surface area (Å²) in [5.41, 5.74) is 0.438. The molecule has 3 rings (SSSR count). The van der Waals surface area contributed by atoms with Crippen molar-refractivity contribution in [2.24, 2.45) is 5.41 Å². The number of aromatic nitrogens is 6. The van der Waals surface area contributed by atoms with Crippen LogP contribution in [0.3, 0.4) is 0 Å². The largest absolute Gasteiger partial charge is 0.478 e. The zero-order valence-electron chi connectivity index (χ0n) is 12.9. The van der Waals surface area contributed by atoms with Crippen LogP contribution in [-0.2, 0) is 6.54 Å². The number of fused-ring (bicyclic) bond motifs is 1. The predicted molar refractivity (Wildman–Crippen MR) is 81.7 cm³/mol. The third-order valence-electron chi connectivity index (χ3n) is 3.16. The van der Waals surface area contributed by atoms with Gasteiger partial charge in [-0.15, -0.1) is 0 Å². The summed E-state index contributed by atoms with van der Waals surface area (Å²) in [7, 11) is 0. The molecule has 0 aliphatic rings. The Bertz CT molecular complexity index is 943. The Balaban J connectivity index is 2.08. The number of nitrogens with one attached hydrogen (secondary N) is 1. The van der Waals surface area contributed by atoms with Gasteiger partial charge in [0.15, 0.2) is 5.52 Å². The van der Waals surface area contributed by atoms with Gasteiger partial charge in [-0.05, 0) is 5.41 Å². The number of H-pyrrole nitrogens is 1. The smallest absolute Gasteiger partial charge is 0.338 e. The van der Waals surface area contributed by atoms with E-state index in [0.717, 1.165) is 0 Å². The Labute approximate surface area is 130 Å². The van der Waals surface area contributed by atoms with Crippen molar-refractivity contribution in [1.29, 1.82) is 0 Å². The molecule has 0 fully saturated rings. The second-order valence-electron chi connectivity index (χ2n) is 6.46. The Morgan fingerprint density at radius 3 is 2.65 bits per heavy atom. The van der Waals surface area contributed by atoms with Gasteiger partial charge in [-0.1, -0.05) is 20.8 Å². The van der Waals surface area contributed by atoms with Gasteiger partial charge in [-0.3, -0.25) is 14.5 Å². The summed E-state index contributed by atoms with van der Waals surface area (Å²) in [5.74, 6) is -0.956. The van der Waals surface area contributed by atoms with Gasteiger partial charge < -0.3 is 5.11 Å². The second kappa shape index (κ2) is 5.04. The molecular formula is C14H16N6O3. The van der Waals surface area contributed by atoms with Crippen molar-refractivity contribution in [2.45, 2.75) is 27.3 Å². The fraction of sp³-hybridized carbons (Fsp3) is 0.357. The van der Waals surface area contributed by atoms with Crippen molar-refractivity contribution < 1.29 is 9.90 Å². The molecule has 0 aromatic carbocycles. The Morgan fingerprint density at radius 2 is 2.04 bits per heavy atom. The molecule has 9 nitrogen and oxygen atoms in total. The Kier molecular flexibility index (Phi) is 3.28. The third kappa shape index (κ3) is 2.85. The monoisotopic (exact) mass is 316 g/mol. The van der Waals surface area contributed by atoms with Crippen LogP contribution in [0, 0.1) is 5.41 Å². The first-order valence-electron chi connectivity index (χ1n) is 6.99. The summed E-state index contributed by atoms with van der Waals surface area (Å²) in [6, 6.07) is 0. The lowest BCUT2D eigenvalue weighted by Crippen LogP contribution is -2.21. The summed E-state index contributed by atoms with van der Waals surface area (Å²) in [6.07, 6.45) is 3.99. The van der Waals surface area contributed by atoms with Gasteiger partial charge in [0, 0.05) is 12.7 Å². The average molecular weight is 316 g/mol. The zero-order valence-corrected chi connectivity index (χ0v) is 12.9. The van der Waals surface area contributed by atoms with E-state index < -0.39 is 5.97 Å². The van der Waals surface area contributed by atoms with Crippen LogP contribution in [0.4, 0.5) is 0 Å². The highest BCUT2D eigenvalue weighted by Gasteiger charge is 2.17. The molecule has 120 valence electrons. The predicted octanol–water partition coefficient (Wildman–Crippen LogP) is 1.05. The maximum Gasteiger partial charge on any atom is 0.338 e. The lowest BCUT2D eigenvalue weighted by atomic mass is 9.97. The Morgan fingerprint density at radius 1 is 1.30 bits per heavy atom. The fourth-order valence-electron chi connectivity index (χ4n) is 2.22. The van der Waals surface area contributed by atoms with Crippen LogP contribution in [0.25, 0.3) is 17.0 Å². The van der Waals surface area contributed by atoms with E-state index >= 15 is 0 Å². The van der Waals surface area contributed by atoms with E-state index in [1.54, 1.807) is 4.68 Å². The minimum Gasteiger partial charge on any atom is -0.478 e. The highest BCUT2D eigenvalue weighted by Crippen LogP contribution is 2.18. The summed E-state index contributed by atoms with van der Waals surface area (Å²) in [4.78, 5) is 30.2. The molecule has 3 heterocycles. The molecule has 0 bridgehead atoms. The zero-order chi connectivity index (χ0) is 16.8. The van der Waals surface area contributed by atoms with Gasteiger partial charge in [-0.25, -0.2) is 14.5 Å². The highest BCUT2D eigenvalue weighted by molar-refractivity contribution is 5.87. The number of nitrogens with zero attached hydrogens (tertiary/aromatic N) is 5. The molecule has 0 radical (unpaired) electrons. The minimum absolute atomic E-state index is 0.0103. The molecule has 0 spiro atoms. The first-order valence-corrected chi connectivity index (χ1v) is 6.99. The highest BCUT2D eigenvalue weighted by atomic mass is 16.4. The van der Waals surface area contributed by atoms with Crippen molar-refractivity contribution in [3.05, 3.63) is 34.5 Å². The van der Waals surface area contributed by atoms with E-state index in [0.29, 0.717) is 17.6 Å². The van der Waals surface area contributed by atoms with Gasteiger partial charge in [-0.2, -0.15) is 10.2 Å². The van der Waals surface area contributed by atoms with Crippen molar-refractivity contribution in [1.82, 2.24) is 29.5 Å². The first kappa shape index (κ1) is 14.9. The van der Waals surface area contributed by atoms with Gasteiger partial charge in [0.1, 0.15) is 5.52 Å². The van der Waals surface area contributed by atoms with Crippen LogP contribution in [0.2, 0.25) is 0 Å². The number of aromatic amines is 1. The molecule has 3 aromatic rings. The number of carboxylic acid groups (broad SMARTS) is 1. The molecule has 0 saturated carbocycles. The fourth-order valence-corrected chi connectivity index (χ4v) is 2.22. The second-order valence-corrected chi connectivity index (χ2v) is 6.46. The minimum atomic E-state index is -1.10. The standard InChI is InChI=1S/C14H16N6O3/c1-14(2,3)7-20-10-9(5-16-20)17-13(18-11(10)21)19-6-8(4-15-19)12(22)23/h4-6H,7H2,1-3H3,(H,22,23)(H,17,18,21). The lowest BCUT2D eigenvalue weighted by Gasteiger charge is -2.18. The van der Waals surface area contributed by atoms with E-state index in [1.165, 1.54) is 23.3 Å². The van der Waals surface area contributed by atoms with Crippen LogP contribution in [0.5, 0.6) is 0 Å². The van der Waals surface area contributed by atoms with Crippen LogP contribution < -0.4 is 5.56 Å². The number of hydrogen-bond donors (Lipinski definition) is 2. The normalized spacial score (nSPS) is 12.0. The maximum atomic E-state index is 12.4. The molecular weight excluding hydrogens is 300 g/mol. The maximum absolute atomic E-state index is 12.4. The number of carboxylic acids is 1. The van der Waals surface area contributed by atoms with E-state index in [4.69, 9.17) is 5.11 Å². The van der Waals surface area contributed by atoms with Crippen molar-refractivity contribution in [3.8, 4) is 5.95 Å². The van der Waals surface area contributed by atoms with Crippen molar-refractivity contribution >= 4 is 17.0 Å². The molecule has 23 heavy (non-hydrogen) atoms. The summed E-state index contributed by atoms with van der Waals surface area (Å²) >= 11 is 0. The first-order chi connectivity index (χ1) is 10.7. The molecule has 0 aliphatic heterocycles. The van der Waals surface area contributed by atoms with Crippen LogP contribution in [-0.4, -0.2) is 40.6 Å². The van der Waals surface area contributed by atoms with E-state index in [1.807, 2.05) is 20.8 Å². The molecule has 0 aliphatic carbocycles. The van der Waals surface area contributed by atoms with Crippen molar-refractivity contribution in [2.75, 3.05) is 0 Å². The third-order valence-corrected chi connectivity index (χ3v) is 3.16. The van der Waals surface area contributed by atoms with Crippen LogP contribution in [0.1, 0.15) is 31.1 Å². The number of rotatable bonds is 3. The summed E-state index contributed by atoms with van der Waals surface area (Å²) in [6.45, 7) is 6.72. The quantitative estimate of drug-likeness (QED) is 0.745. The van der Waals surface area contributed by atoms with Gasteiger partial charge in [0.2, 0.25) is 5.95 Å². The average Bonchev–Trinajstić information content (AvgIpc) is 3.04. The molecule has 0 atom stereocenters. The lowest BCUT2D eigenvalue weighted by molar-refractivity contribution is 0.0697. The van der Waals surface area contributed by atoms with Crippen LogP contribution >= 0.6 is 0 Å². The number of carbonyl (C=O) groups is 1. The number of hydrogen-bond acceptors (Lipinski definition) is 5. The van der Waals surface area contributed by atoms with Gasteiger partial charge >= 0.3 is 5.97 Å². The molecule has 0 saturated heterocycles. The SMILES string of the molecule is CC(C)(C)Cn1ncc2nc(-n3cc(C(=O)O)cn3)[nH]c(=O)c21. The number of aromatic carboxylic acids is 1. The van der Waals surface area contributed by atoms with E-state index in [9.17, 15) is 9.59 Å². The summed E-state index contributed by atoms with van der Waals surface area (Å²) in [5, 5.41) is 17.0. The molecule has 0 amide bonds. The molecule has 3 aromatic heterocycles. The van der Waals surface area contributed by atoms with Crippen LogP contribution in [0.15, 0.2) is 23.4 Å². The van der Waals surface area contributed by atoms with Crippen molar-refractivity contribution in [3.63, 3.8) is 0 Å². The summed E-state index contributed by atoms with van der Waals surface area (Å²) < 4.78 is 2.84. The molecule has 9 heteroatoms. The molecule has 2 N–H and O–H groups in total. The van der Waals surface area contributed by atoms with E-state index in [-0.39, 0.29) is 22.5 Å². The van der Waals surface area contributed by atoms with Gasteiger partial charge in [0.05, 0.1) is 18.0 Å². The Hall–Kier alpha value is -2.97. The van der Waals surface area contributed by atoms with Gasteiger partial charge in [0.25, 0.3) is 5.56 Å².